The van der Waals surface area contributed by atoms with Gasteiger partial charge in [-0.3, -0.25) is 13.9 Å². The number of nitrogens with zero attached hydrogens (tertiary/aromatic N) is 2. The van der Waals surface area contributed by atoms with Crippen molar-refractivity contribution in [2.75, 3.05) is 30.8 Å². The zero-order valence-corrected chi connectivity index (χ0v) is 21.9. The van der Waals surface area contributed by atoms with Gasteiger partial charge in [0.25, 0.3) is 0 Å². The topological polar surface area (TPSA) is 96.0 Å². The van der Waals surface area contributed by atoms with Crippen LogP contribution in [0.4, 0.5) is 5.69 Å². The molecule has 2 amide bonds. The number of halogens is 2. The second kappa shape index (κ2) is 12.3. The Morgan fingerprint density at radius 2 is 1.79 bits per heavy atom. The fourth-order valence-electron chi connectivity index (χ4n) is 3.46. The van der Waals surface area contributed by atoms with Gasteiger partial charge in [0.2, 0.25) is 21.8 Å². The summed E-state index contributed by atoms with van der Waals surface area (Å²) in [6.07, 6.45) is 1.32. The average Bonchev–Trinajstić information content (AvgIpc) is 2.78. The van der Waals surface area contributed by atoms with Gasteiger partial charge in [-0.05, 0) is 43.2 Å². The third-order valence-electron chi connectivity index (χ3n) is 5.10. The van der Waals surface area contributed by atoms with Crippen molar-refractivity contribution in [3.63, 3.8) is 0 Å². The summed E-state index contributed by atoms with van der Waals surface area (Å²) in [6, 6.07) is 10.6. The van der Waals surface area contributed by atoms with Crippen LogP contribution in [-0.2, 0) is 26.2 Å². The summed E-state index contributed by atoms with van der Waals surface area (Å²) < 4.78 is 32.0. The van der Waals surface area contributed by atoms with Gasteiger partial charge in [-0.2, -0.15) is 0 Å². The van der Waals surface area contributed by atoms with Gasteiger partial charge in [0, 0.05) is 23.6 Å². The molecule has 34 heavy (non-hydrogen) atoms. The van der Waals surface area contributed by atoms with E-state index in [0.717, 1.165) is 10.6 Å². The predicted octanol–water partition coefficient (Wildman–Crippen LogP) is 3.71. The van der Waals surface area contributed by atoms with E-state index in [9.17, 15) is 18.0 Å². The molecule has 0 radical (unpaired) electrons. The van der Waals surface area contributed by atoms with Crippen LogP contribution < -0.4 is 14.4 Å². The summed E-state index contributed by atoms with van der Waals surface area (Å²) in [5.74, 6) is -0.617. The molecular formula is C23H29Cl2N3O5S. The first-order valence-electron chi connectivity index (χ1n) is 10.7. The highest BCUT2D eigenvalue weighted by molar-refractivity contribution is 7.92. The molecule has 8 nitrogen and oxygen atoms in total. The minimum absolute atomic E-state index is 0.00846. The molecule has 11 heteroatoms. The Labute approximate surface area is 210 Å². The lowest BCUT2D eigenvalue weighted by atomic mass is 10.1. The predicted molar refractivity (Wildman–Crippen MR) is 135 cm³/mol. The van der Waals surface area contributed by atoms with Crippen LogP contribution >= 0.6 is 23.2 Å². The fourth-order valence-corrected chi connectivity index (χ4v) is 4.78. The van der Waals surface area contributed by atoms with Crippen molar-refractivity contribution in [3.05, 3.63) is 58.1 Å². The van der Waals surface area contributed by atoms with E-state index in [0.29, 0.717) is 34.4 Å². The van der Waals surface area contributed by atoms with Crippen LogP contribution in [0.2, 0.25) is 10.0 Å². The molecule has 0 aromatic heterocycles. The van der Waals surface area contributed by atoms with Gasteiger partial charge >= 0.3 is 0 Å². The van der Waals surface area contributed by atoms with Gasteiger partial charge in [-0.25, -0.2) is 8.42 Å². The number of benzene rings is 2. The minimum atomic E-state index is -3.87. The first-order valence-corrected chi connectivity index (χ1v) is 13.3. The van der Waals surface area contributed by atoms with Crippen LogP contribution in [0.1, 0.15) is 25.8 Å². The monoisotopic (exact) mass is 529 g/mol. The van der Waals surface area contributed by atoms with Gasteiger partial charge in [-0.15, -0.1) is 0 Å². The maximum Gasteiger partial charge on any atom is 0.244 e. The maximum absolute atomic E-state index is 13.6. The van der Waals surface area contributed by atoms with Crippen LogP contribution in [0.5, 0.6) is 5.75 Å². The number of carbonyl (C=O) groups is 2. The van der Waals surface area contributed by atoms with E-state index in [2.05, 4.69) is 5.32 Å². The van der Waals surface area contributed by atoms with Crippen molar-refractivity contribution >= 4 is 50.7 Å². The number of hydrogen-bond acceptors (Lipinski definition) is 5. The van der Waals surface area contributed by atoms with Crippen molar-refractivity contribution in [3.8, 4) is 5.75 Å². The minimum Gasteiger partial charge on any atom is -0.492 e. The third-order valence-corrected chi connectivity index (χ3v) is 6.81. The molecule has 0 unspecified atom stereocenters. The smallest absolute Gasteiger partial charge is 0.244 e. The van der Waals surface area contributed by atoms with Crippen molar-refractivity contribution < 1.29 is 22.7 Å². The van der Waals surface area contributed by atoms with E-state index >= 15 is 0 Å². The first-order chi connectivity index (χ1) is 16.0. The third kappa shape index (κ3) is 7.01. The van der Waals surface area contributed by atoms with E-state index in [4.69, 9.17) is 27.9 Å². The lowest BCUT2D eigenvalue weighted by Gasteiger charge is -2.33. The van der Waals surface area contributed by atoms with Gasteiger partial charge < -0.3 is 15.0 Å². The van der Waals surface area contributed by atoms with E-state index in [1.165, 1.54) is 11.9 Å². The fraction of sp³-hybridized carbons (Fsp3) is 0.391. The molecule has 1 atom stereocenters. The number of hydrogen-bond donors (Lipinski definition) is 1. The van der Waals surface area contributed by atoms with E-state index in [-0.39, 0.29) is 18.1 Å². The summed E-state index contributed by atoms with van der Waals surface area (Å²) in [7, 11) is -2.39. The number of anilines is 1. The van der Waals surface area contributed by atoms with Crippen molar-refractivity contribution in [1.82, 2.24) is 10.2 Å². The molecule has 2 rings (SSSR count). The average molecular weight is 530 g/mol. The highest BCUT2D eigenvalue weighted by atomic mass is 35.5. The summed E-state index contributed by atoms with van der Waals surface area (Å²) in [5.41, 5.74) is 0.806. The molecule has 0 saturated heterocycles. The number of ether oxygens (including phenoxy) is 1. The normalized spacial score (nSPS) is 12.1. The maximum atomic E-state index is 13.6. The van der Waals surface area contributed by atoms with Gasteiger partial charge in [0.1, 0.15) is 18.3 Å². The second-order valence-electron chi connectivity index (χ2n) is 7.47. The lowest BCUT2D eigenvalue weighted by molar-refractivity contribution is -0.140. The Hall–Kier alpha value is -2.49. The first kappa shape index (κ1) is 27.8. The van der Waals surface area contributed by atoms with Crippen molar-refractivity contribution in [1.29, 1.82) is 0 Å². The Balaban J connectivity index is 2.50. The number of para-hydroxylation sites is 2. The molecule has 0 aliphatic heterocycles. The Morgan fingerprint density at radius 1 is 1.12 bits per heavy atom. The second-order valence-corrected chi connectivity index (χ2v) is 10.2. The molecule has 2 aromatic carbocycles. The number of rotatable bonds is 11. The molecule has 0 bridgehead atoms. The van der Waals surface area contributed by atoms with Crippen LogP contribution in [0.3, 0.4) is 0 Å². The molecule has 0 fully saturated rings. The molecule has 0 saturated carbocycles. The summed E-state index contributed by atoms with van der Waals surface area (Å²) >= 11 is 12.3. The number of amides is 2. The summed E-state index contributed by atoms with van der Waals surface area (Å²) in [5, 5.41) is 3.33. The zero-order valence-electron chi connectivity index (χ0n) is 19.5. The van der Waals surface area contributed by atoms with E-state index in [1.807, 2.05) is 0 Å². The number of carbonyl (C=O) groups excluding carboxylic acids is 2. The largest absolute Gasteiger partial charge is 0.492 e. The summed E-state index contributed by atoms with van der Waals surface area (Å²) in [6.45, 7) is 3.33. The number of nitrogens with one attached hydrogen (secondary N) is 1. The van der Waals surface area contributed by atoms with E-state index < -0.39 is 28.5 Å². The van der Waals surface area contributed by atoms with Crippen LogP contribution in [0.15, 0.2) is 42.5 Å². The van der Waals surface area contributed by atoms with Gasteiger partial charge in [0.15, 0.2) is 0 Å². The Morgan fingerprint density at radius 3 is 2.35 bits per heavy atom. The molecule has 1 N–H and O–H groups in total. The molecule has 0 aliphatic carbocycles. The van der Waals surface area contributed by atoms with E-state index in [1.54, 1.807) is 56.3 Å². The molecule has 0 spiro atoms. The number of sulfonamides is 1. The van der Waals surface area contributed by atoms with Crippen LogP contribution in [0, 0.1) is 0 Å². The van der Waals surface area contributed by atoms with Crippen molar-refractivity contribution in [2.24, 2.45) is 0 Å². The molecule has 0 heterocycles. The Bertz CT molecular complexity index is 1130. The van der Waals surface area contributed by atoms with Gasteiger partial charge in [-0.1, -0.05) is 48.3 Å². The molecular weight excluding hydrogens is 501 g/mol. The van der Waals surface area contributed by atoms with Crippen LogP contribution in [0.25, 0.3) is 0 Å². The van der Waals surface area contributed by atoms with Crippen molar-refractivity contribution in [2.45, 2.75) is 32.9 Å². The quantitative estimate of drug-likeness (QED) is 0.478. The molecule has 0 aliphatic rings. The highest BCUT2D eigenvalue weighted by Gasteiger charge is 2.32. The van der Waals surface area contributed by atoms with Crippen LogP contribution in [-0.4, -0.2) is 57.6 Å². The highest BCUT2D eigenvalue weighted by Crippen LogP contribution is 2.30. The SMILES string of the molecule is CCOc1ccccc1N(CC(=O)N(Cc1ccc(Cl)cc1Cl)[C@@H](CC)C(=O)NC)S(C)(=O)=O. The standard InChI is InChI=1S/C23H29Cl2N3O5S/c1-5-19(23(30)26-3)27(14-16-11-12-17(24)13-18(16)25)22(29)15-28(34(4,31)32)20-9-7-8-10-21(20)33-6-2/h7-13,19H,5-6,14-15H2,1-4H3,(H,26,30)/t19-/m0/s1. The molecule has 186 valence electrons. The zero-order chi connectivity index (χ0) is 25.5. The summed E-state index contributed by atoms with van der Waals surface area (Å²) in [4.78, 5) is 27.5. The lowest BCUT2D eigenvalue weighted by Crippen LogP contribution is -2.51. The van der Waals surface area contributed by atoms with Gasteiger partial charge in [0.05, 0.1) is 18.6 Å². The molecule has 2 aromatic rings. The Kier molecular flexibility index (Phi) is 10.0. The number of likely N-dealkylation sites (N-methyl/N-ethyl adjacent to an activating group) is 1.